The largest absolute Gasteiger partial charge is 0.451 e. The lowest BCUT2D eigenvalue weighted by Crippen LogP contribution is -2.43. The standard InChI is InChI=1S/C13H15IN2O3/c14-11-5-3-10(19-11)4-6-12(17)16-7-1-2-9(8-16)13(15)18/h3-6,9H,1-2,7-8H2,(H2,15,18)/b6-4+. The minimum atomic E-state index is -0.331. The summed E-state index contributed by atoms with van der Waals surface area (Å²) < 4.78 is 6.11. The van der Waals surface area contributed by atoms with Crippen molar-refractivity contribution in [1.82, 2.24) is 4.90 Å². The van der Waals surface area contributed by atoms with Crippen molar-refractivity contribution in [1.29, 1.82) is 0 Å². The molecule has 1 aromatic rings. The van der Waals surface area contributed by atoms with E-state index in [-0.39, 0.29) is 17.7 Å². The van der Waals surface area contributed by atoms with E-state index in [1.165, 1.54) is 6.08 Å². The monoisotopic (exact) mass is 374 g/mol. The topological polar surface area (TPSA) is 76.5 Å². The number of carbonyl (C=O) groups excluding carboxylic acids is 2. The van der Waals surface area contributed by atoms with Crippen molar-refractivity contribution >= 4 is 40.5 Å². The molecule has 0 radical (unpaired) electrons. The molecule has 1 saturated heterocycles. The van der Waals surface area contributed by atoms with Crippen molar-refractivity contribution < 1.29 is 14.0 Å². The van der Waals surface area contributed by atoms with Crippen LogP contribution in [0.4, 0.5) is 0 Å². The molecule has 1 aliphatic heterocycles. The highest BCUT2D eigenvalue weighted by molar-refractivity contribution is 14.1. The Bertz CT molecular complexity index is 510. The molecule has 1 fully saturated rings. The second-order valence-electron chi connectivity index (χ2n) is 4.50. The van der Waals surface area contributed by atoms with Gasteiger partial charge in [-0.2, -0.15) is 0 Å². The Morgan fingerprint density at radius 3 is 2.89 bits per heavy atom. The average Bonchev–Trinajstić information content (AvgIpc) is 2.82. The molecule has 2 rings (SSSR count). The molecular formula is C13H15IN2O3. The van der Waals surface area contributed by atoms with Crippen LogP contribution in [0.25, 0.3) is 6.08 Å². The van der Waals surface area contributed by atoms with Crippen molar-refractivity contribution in [3.63, 3.8) is 0 Å². The van der Waals surface area contributed by atoms with Gasteiger partial charge in [-0.1, -0.05) is 0 Å². The summed E-state index contributed by atoms with van der Waals surface area (Å²) in [7, 11) is 0. The zero-order chi connectivity index (χ0) is 13.8. The normalized spacial score (nSPS) is 19.8. The van der Waals surface area contributed by atoms with Gasteiger partial charge in [-0.15, -0.1) is 0 Å². The number of carbonyl (C=O) groups is 2. The Morgan fingerprint density at radius 1 is 1.47 bits per heavy atom. The number of hydrogen-bond donors (Lipinski definition) is 1. The maximum absolute atomic E-state index is 12.0. The Hall–Kier alpha value is -1.31. The van der Waals surface area contributed by atoms with E-state index in [4.69, 9.17) is 10.2 Å². The second-order valence-corrected chi connectivity index (χ2v) is 5.56. The highest BCUT2D eigenvalue weighted by Crippen LogP contribution is 2.17. The highest BCUT2D eigenvalue weighted by Gasteiger charge is 2.25. The molecule has 5 nitrogen and oxygen atoms in total. The van der Waals surface area contributed by atoms with Crippen molar-refractivity contribution in [3.05, 3.63) is 27.7 Å². The lowest BCUT2D eigenvalue weighted by molar-refractivity contribution is -0.130. The summed E-state index contributed by atoms with van der Waals surface area (Å²) in [5.74, 6) is -0.0312. The van der Waals surface area contributed by atoms with Crippen LogP contribution < -0.4 is 5.73 Å². The van der Waals surface area contributed by atoms with E-state index < -0.39 is 0 Å². The maximum Gasteiger partial charge on any atom is 0.246 e. The molecule has 0 saturated carbocycles. The van der Waals surface area contributed by atoms with E-state index in [9.17, 15) is 9.59 Å². The molecule has 1 unspecified atom stereocenters. The van der Waals surface area contributed by atoms with Gasteiger partial charge in [0, 0.05) is 19.2 Å². The predicted octanol–water partition coefficient (Wildman–Crippen LogP) is 1.62. The zero-order valence-electron chi connectivity index (χ0n) is 10.3. The molecule has 1 aliphatic rings. The summed E-state index contributed by atoms with van der Waals surface area (Å²) in [4.78, 5) is 24.8. The number of primary amides is 1. The van der Waals surface area contributed by atoms with Gasteiger partial charge in [-0.05, 0) is 53.6 Å². The van der Waals surface area contributed by atoms with Crippen LogP contribution in [0.1, 0.15) is 18.6 Å². The van der Waals surface area contributed by atoms with Gasteiger partial charge in [0.15, 0.2) is 3.77 Å². The number of amides is 2. The summed E-state index contributed by atoms with van der Waals surface area (Å²) in [6.45, 7) is 1.08. The van der Waals surface area contributed by atoms with Crippen LogP contribution >= 0.6 is 22.6 Å². The van der Waals surface area contributed by atoms with Crippen LogP contribution in [0.3, 0.4) is 0 Å². The number of hydrogen-bond acceptors (Lipinski definition) is 3. The summed E-state index contributed by atoms with van der Waals surface area (Å²) >= 11 is 2.06. The van der Waals surface area contributed by atoms with Crippen molar-refractivity contribution in [2.45, 2.75) is 12.8 Å². The quantitative estimate of drug-likeness (QED) is 0.645. The van der Waals surface area contributed by atoms with Crippen LogP contribution in [-0.4, -0.2) is 29.8 Å². The molecule has 1 atom stereocenters. The lowest BCUT2D eigenvalue weighted by atomic mass is 9.97. The van der Waals surface area contributed by atoms with E-state index in [1.54, 1.807) is 17.0 Å². The first-order valence-electron chi connectivity index (χ1n) is 6.08. The second kappa shape index (κ2) is 6.23. The number of furan rings is 1. The van der Waals surface area contributed by atoms with Crippen molar-refractivity contribution in [2.75, 3.05) is 13.1 Å². The molecule has 0 aromatic carbocycles. The van der Waals surface area contributed by atoms with Crippen LogP contribution in [0.2, 0.25) is 0 Å². The van der Waals surface area contributed by atoms with Crippen LogP contribution in [0.15, 0.2) is 22.6 Å². The Kier molecular flexibility index (Phi) is 4.62. The Labute approximate surface area is 124 Å². The van der Waals surface area contributed by atoms with Gasteiger partial charge in [-0.3, -0.25) is 9.59 Å². The fourth-order valence-electron chi connectivity index (χ4n) is 2.09. The van der Waals surface area contributed by atoms with Gasteiger partial charge in [-0.25, -0.2) is 0 Å². The highest BCUT2D eigenvalue weighted by atomic mass is 127. The summed E-state index contributed by atoms with van der Waals surface area (Å²) in [6, 6.07) is 3.63. The molecule has 0 aliphatic carbocycles. The molecule has 102 valence electrons. The number of nitrogens with two attached hydrogens (primary N) is 1. The molecule has 2 N–H and O–H groups in total. The van der Waals surface area contributed by atoms with Gasteiger partial charge in [0.25, 0.3) is 0 Å². The Balaban J connectivity index is 1.96. The van der Waals surface area contributed by atoms with Gasteiger partial charge in [0.2, 0.25) is 11.8 Å². The van der Waals surface area contributed by atoms with Gasteiger partial charge >= 0.3 is 0 Å². The number of nitrogens with zero attached hydrogens (tertiary/aromatic N) is 1. The number of halogens is 1. The number of piperidine rings is 1. The van der Waals surface area contributed by atoms with E-state index in [0.717, 1.165) is 16.6 Å². The molecule has 0 spiro atoms. The third kappa shape index (κ3) is 3.82. The third-order valence-electron chi connectivity index (χ3n) is 3.12. The summed E-state index contributed by atoms with van der Waals surface area (Å²) in [6.07, 6.45) is 4.68. The molecule has 1 aromatic heterocycles. The zero-order valence-corrected chi connectivity index (χ0v) is 12.5. The minimum Gasteiger partial charge on any atom is -0.451 e. The first-order chi connectivity index (χ1) is 9.06. The first-order valence-corrected chi connectivity index (χ1v) is 7.16. The van der Waals surface area contributed by atoms with E-state index in [2.05, 4.69) is 22.6 Å². The predicted molar refractivity (Wildman–Crippen MR) is 79.0 cm³/mol. The Morgan fingerprint density at radius 2 is 2.26 bits per heavy atom. The van der Waals surface area contributed by atoms with Crippen molar-refractivity contribution in [3.8, 4) is 0 Å². The molecule has 6 heteroatoms. The van der Waals surface area contributed by atoms with Gasteiger partial charge < -0.3 is 15.1 Å². The van der Waals surface area contributed by atoms with Gasteiger partial charge in [0.05, 0.1) is 5.92 Å². The molecular weight excluding hydrogens is 359 g/mol. The van der Waals surface area contributed by atoms with Crippen LogP contribution in [-0.2, 0) is 9.59 Å². The SMILES string of the molecule is NC(=O)C1CCCN(C(=O)/C=C/c2ccc(I)o2)C1. The fourth-order valence-corrected chi connectivity index (χ4v) is 2.52. The smallest absolute Gasteiger partial charge is 0.246 e. The van der Waals surface area contributed by atoms with E-state index in [0.29, 0.717) is 18.8 Å². The third-order valence-corrected chi connectivity index (χ3v) is 3.70. The van der Waals surface area contributed by atoms with Gasteiger partial charge in [0.1, 0.15) is 5.76 Å². The molecule has 19 heavy (non-hydrogen) atoms. The molecule has 2 heterocycles. The van der Waals surface area contributed by atoms with Crippen LogP contribution in [0.5, 0.6) is 0 Å². The minimum absolute atomic E-state index is 0.114. The van der Waals surface area contributed by atoms with E-state index >= 15 is 0 Å². The fraction of sp³-hybridized carbons (Fsp3) is 0.385. The summed E-state index contributed by atoms with van der Waals surface area (Å²) in [5, 5.41) is 0. The van der Waals surface area contributed by atoms with Crippen molar-refractivity contribution in [2.24, 2.45) is 11.7 Å². The summed E-state index contributed by atoms with van der Waals surface area (Å²) in [5.41, 5.74) is 5.29. The van der Waals surface area contributed by atoms with Crippen LogP contribution in [0, 0.1) is 9.68 Å². The average molecular weight is 374 g/mol. The maximum atomic E-state index is 12.0. The molecule has 2 amide bonds. The lowest BCUT2D eigenvalue weighted by Gasteiger charge is -2.30. The molecule has 0 bridgehead atoms. The number of rotatable bonds is 3. The number of likely N-dealkylation sites (tertiary alicyclic amines) is 1. The van der Waals surface area contributed by atoms with E-state index in [1.807, 2.05) is 6.07 Å². The first kappa shape index (κ1) is 14.1.